The number of ether oxygens (including phenoxy) is 3. The van der Waals surface area contributed by atoms with Crippen molar-refractivity contribution in [1.82, 2.24) is 4.90 Å². The van der Waals surface area contributed by atoms with Crippen LogP contribution in [0.25, 0.3) is 0 Å². The molecule has 1 saturated heterocycles. The standard InChI is InChI=1S/C21H31NO3/c1-22-9-8-21-14-17(25-11-10-23-2)6-7-18(21)20(22)12-15-4-5-16(24-3)13-19(15)21/h4-5,13,17-18,20H,6-12,14H2,1-3H3/t17-,18?,20-,21+/m1/s1. The summed E-state index contributed by atoms with van der Waals surface area (Å²) in [5, 5.41) is 0. The summed E-state index contributed by atoms with van der Waals surface area (Å²) in [6.07, 6.45) is 6.36. The van der Waals surface area contributed by atoms with Gasteiger partial charge in [-0.05, 0) is 74.9 Å². The molecular formula is C21H31NO3. The van der Waals surface area contributed by atoms with E-state index >= 15 is 0 Å². The van der Waals surface area contributed by atoms with Crippen molar-refractivity contribution >= 4 is 0 Å². The molecule has 2 bridgehead atoms. The van der Waals surface area contributed by atoms with E-state index in [9.17, 15) is 0 Å². The Balaban J connectivity index is 1.69. The van der Waals surface area contributed by atoms with Gasteiger partial charge in [-0.25, -0.2) is 0 Å². The number of rotatable bonds is 5. The average molecular weight is 345 g/mol. The highest BCUT2D eigenvalue weighted by Crippen LogP contribution is 2.56. The number of fused-ring (bicyclic) bond motifs is 1. The maximum Gasteiger partial charge on any atom is 0.119 e. The highest BCUT2D eigenvalue weighted by Gasteiger charge is 2.55. The van der Waals surface area contributed by atoms with Crippen LogP contribution >= 0.6 is 0 Å². The van der Waals surface area contributed by atoms with Crippen LogP contribution in [0.1, 0.15) is 36.8 Å². The van der Waals surface area contributed by atoms with E-state index in [4.69, 9.17) is 14.2 Å². The summed E-state index contributed by atoms with van der Waals surface area (Å²) < 4.78 is 16.9. The zero-order chi connectivity index (χ0) is 17.4. The van der Waals surface area contributed by atoms with Gasteiger partial charge in [-0.2, -0.15) is 0 Å². The number of likely N-dealkylation sites (N-methyl/N-ethyl adjacent to an activating group) is 1. The third kappa shape index (κ3) is 2.88. The Bertz CT molecular complexity index is 619. The monoisotopic (exact) mass is 345 g/mol. The summed E-state index contributed by atoms with van der Waals surface area (Å²) >= 11 is 0. The average Bonchev–Trinajstić information content (AvgIpc) is 2.64. The molecule has 0 spiro atoms. The molecule has 0 radical (unpaired) electrons. The Kier molecular flexibility index (Phi) is 4.78. The Labute approximate surface area is 151 Å². The van der Waals surface area contributed by atoms with Crippen LogP contribution in [0.2, 0.25) is 0 Å². The Hall–Kier alpha value is -1.10. The molecule has 0 aromatic heterocycles. The lowest BCUT2D eigenvalue weighted by Crippen LogP contribution is -2.61. The number of hydrogen-bond donors (Lipinski definition) is 0. The first kappa shape index (κ1) is 17.3. The Morgan fingerprint density at radius 3 is 2.88 bits per heavy atom. The van der Waals surface area contributed by atoms with Crippen molar-refractivity contribution in [2.24, 2.45) is 5.92 Å². The van der Waals surface area contributed by atoms with Crippen molar-refractivity contribution in [3.8, 4) is 5.75 Å². The molecule has 0 N–H and O–H groups in total. The van der Waals surface area contributed by atoms with Gasteiger partial charge in [0.2, 0.25) is 0 Å². The number of piperidine rings is 1. The van der Waals surface area contributed by atoms with E-state index in [2.05, 4.69) is 30.1 Å². The molecular weight excluding hydrogens is 314 g/mol. The largest absolute Gasteiger partial charge is 0.497 e. The van der Waals surface area contributed by atoms with Crippen molar-refractivity contribution in [1.29, 1.82) is 0 Å². The molecule has 4 rings (SSSR count). The number of likely N-dealkylation sites (tertiary alicyclic amines) is 1. The first-order chi connectivity index (χ1) is 12.2. The van der Waals surface area contributed by atoms with Crippen LogP contribution in [0.15, 0.2) is 18.2 Å². The minimum absolute atomic E-state index is 0.259. The van der Waals surface area contributed by atoms with Crippen molar-refractivity contribution in [2.75, 3.05) is 41.0 Å². The summed E-state index contributed by atoms with van der Waals surface area (Å²) in [6, 6.07) is 7.42. The van der Waals surface area contributed by atoms with Gasteiger partial charge >= 0.3 is 0 Å². The van der Waals surface area contributed by atoms with E-state index in [1.54, 1.807) is 19.8 Å². The zero-order valence-electron chi connectivity index (χ0n) is 15.8. The third-order valence-electron chi connectivity index (χ3n) is 6.97. The fourth-order valence-corrected chi connectivity index (χ4v) is 5.73. The lowest BCUT2D eigenvalue weighted by atomic mass is 9.52. The molecule has 1 aliphatic heterocycles. The van der Waals surface area contributed by atoms with E-state index in [1.165, 1.54) is 37.8 Å². The molecule has 4 atom stereocenters. The van der Waals surface area contributed by atoms with Gasteiger partial charge in [-0.3, -0.25) is 0 Å². The molecule has 1 saturated carbocycles. The molecule has 0 amide bonds. The Morgan fingerprint density at radius 2 is 2.08 bits per heavy atom. The van der Waals surface area contributed by atoms with E-state index in [-0.39, 0.29) is 5.41 Å². The van der Waals surface area contributed by atoms with E-state index in [0.29, 0.717) is 25.4 Å². The van der Waals surface area contributed by atoms with Crippen LogP contribution in [0.3, 0.4) is 0 Å². The van der Waals surface area contributed by atoms with Crippen LogP contribution in [0, 0.1) is 5.92 Å². The van der Waals surface area contributed by atoms with Gasteiger partial charge in [-0.15, -0.1) is 0 Å². The molecule has 2 aliphatic carbocycles. The molecule has 1 heterocycles. The van der Waals surface area contributed by atoms with Gasteiger partial charge in [-0.1, -0.05) is 6.07 Å². The van der Waals surface area contributed by atoms with Crippen LogP contribution in [0.4, 0.5) is 0 Å². The summed E-state index contributed by atoms with van der Waals surface area (Å²) in [7, 11) is 5.82. The van der Waals surface area contributed by atoms with Crippen LogP contribution in [0.5, 0.6) is 5.75 Å². The number of methoxy groups -OCH3 is 2. The molecule has 1 aromatic rings. The van der Waals surface area contributed by atoms with Crippen molar-refractivity contribution in [3.05, 3.63) is 29.3 Å². The highest BCUT2D eigenvalue weighted by atomic mass is 16.5. The highest BCUT2D eigenvalue weighted by molar-refractivity contribution is 5.45. The molecule has 4 heteroatoms. The first-order valence-corrected chi connectivity index (χ1v) is 9.66. The number of hydrogen-bond acceptors (Lipinski definition) is 4. The normalized spacial score (nSPS) is 34.3. The molecule has 25 heavy (non-hydrogen) atoms. The Morgan fingerprint density at radius 1 is 1.20 bits per heavy atom. The first-order valence-electron chi connectivity index (χ1n) is 9.66. The summed E-state index contributed by atoms with van der Waals surface area (Å²) in [6.45, 7) is 2.57. The van der Waals surface area contributed by atoms with Gasteiger partial charge in [0.15, 0.2) is 0 Å². The quantitative estimate of drug-likeness (QED) is 0.768. The summed E-state index contributed by atoms with van der Waals surface area (Å²) in [5.74, 6) is 1.74. The zero-order valence-corrected chi connectivity index (χ0v) is 15.8. The topological polar surface area (TPSA) is 30.9 Å². The fourth-order valence-electron chi connectivity index (χ4n) is 5.73. The van der Waals surface area contributed by atoms with Crippen LogP contribution in [-0.4, -0.2) is 58.1 Å². The second kappa shape index (κ2) is 6.90. The smallest absolute Gasteiger partial charge is 0.119 e. The maximum absolute atomic E-state index is 6.19. The van der Waals surface area contributed by atoms with E-state index in [1.807, 2.05) is 0 Å². The summed E-state index contributed by atoms with van der Waals surface area (Å²) in [5.41, 5.74) is 3.32. The predicted octanol–water partition coefficient (Wildman–Crippen LogP) is 3.02. The minimum atomic E-state index is 0.259. The van der Waals surface area contributed by atoms with Gasteiger partial charge < -0.3 is 19.1 Å². The molecule has 1 unspecified atom stereocenters. The fraction of sp³-hybridized carbons (Fsp3) is 0.714. The van der Waals surface area contributed by atoms with Crippen molar-refractivity contribution in [2.45, 2.75) is 49.7 Å². The van der Waals surface area contributed by atoms with Crippen molar-refractivity contribution < 1.29 is 14.2 Å². The van der Waals surface area contributed by atoms with Crippen LogP contribution in [-0.2, 0) is 21.3 Å². The lowest BCUT2D eigenvalue weighted by Gasteiger charge is -2.59. The lowest BCUT2D eigenvalue weighted by molar-refractivity contribution is -0.0724. The van der Waals surface area contributed by atoms with E-state index in [0.717, 1.165) is 18.1 Å². The molecule has 4 nitrogen and oxygen atoms in total. The van der Waals surface area contributed by atoms with Crippen LogP contribution < -0.4 is 4.74 Å². The molecule has 2 fully saturated rings. The van der Waals surface area contributed by atoms with E-state index < -0.39 is 0 Å². The SMILES string of the molecule is COCCO[C@@H]1CCC2[C@H]3Cc4ccc(OC)cc4[C@@]2(CCN3C)C1. The number of benzene rings is 1. The molecule has 138 valence electrons. The maximum atomic E-state index is 6.19. The third-order valence-corrected chi connectivity index (χ3v) is 6.97. The minimum Gasteiger partial charge on any atom is -0.497 e. The number of nitrogens with zero attached hydrogens (tertiary/aromatic N) is 1. The second-order valence-electron chi connectivity index (χ2n) is 8.05. The summed E-state index contributed by atoms with van der Waals surface area (Å²) in [4.78, 5) is 2.60. The van der Waals surface area contributed by atoms with Crippen molar-refractivity contribution in [3.63, 3.8) is 0 Å². The van der Waals surface area contributed by atoms with Gasteiger partial charge in [0.25, 0.3) is 0 Å². The van der Waals surface area contributed by atoms with Gasteiger partial charge in [0.1, 0.15) is 5.75 Å². The van der Waals surface area contributed by atoms with Gasteiger partial charge in [0, 0.05) is 18.6 Å². The predicted molar refractivity (Wildman–Crippen MR) is 98.4 cm³/mol. The second-order valence-corrected chi connectivity index (χ2v) is 8.05. The molecule has 3 aliphatic rings. The van der Waals surface area contributed by atoms with Gasteiger partial charge in [0.05, 0.1) is 26.4 Å². The molecule has 1 aromatic carbocycles.